The van der Waals surface area contributed by atoms with Crippen molar-refractivity contribution in [3.05, 3.63) is 23.8 Å². The first-order valence-electron chi connectivity index (χ1n) is 4.91. The minimum atomic E-state index is 0.609. The summed E-state index contributed by atoms with van der Waals surface area (Å²) in [5.74, 6) is 0.609. The molecule has 3 heteroatoms. The highest BCUT2D eigenvalue weighted by atomic mass is 14.9. The van der Waals surface area contributed by atoms with Gasteiger partial charge in [-0.3, -0.25) is 0 Å². The van der Waals surface area contributed by atoms with E-state index in [4.69, 9.17) is 0 Å². The molecule has 70 valence electrons. The van der Waals surface area contributed by atoms with Crippen molar-refractivity contribution < 1.29 is 0 Å². The molecule has 0 bridgehead atoms. The Hall–Kier alpha value is -0.960. The standard InChI is InChI=1S/C10H15N3/c1-2-8-5-12-7-13-10(8)9-3-4-11-6-9/h5,7,9,11H,2-4,6H2,1H3. The normalized spacial score (nSPS) is 22.1. The lowest BCUT2D eigenvalue weighted by Crippen LogP contribution is -2.10. The Balaban J connectivity index is 2.26. The summed E-state index contributed by atoms with van der Waals surface area (Å²) in [7, 11) is 0. The zero-order chi connectivity index (χ0) is 9.10. The summed E-state index contributed by atoms with van der Waals surface area (Å²) in [6.07, 6.45) is 5.85. The van der Waals surface area contributed by atoms with Crippen molar-refractivity contribution in [3.63, 3.8) is 0 Å². The summed E-state index contributed by atoms with van der Waals surface area (Å²) in [6.45, 7) is 4.35. The fourth-order valence-corrected chi connectivity index (χ4v) is 1.90. The van der Waals surface area contributed by atoms with E-state index in [0.29, 0.717) is 5.92 Å². The molecule has 1 N–H and O–H groups in total. The van der Waals surface area contributed by atoms with Gasteiger partial charge >= 0.3 is 0 Å². The van der Waals surface area contributed by atoms with E-state index < -0.39 is 0 Å². The number of rotatable bonds is 2. The van der Waals surface area contributed by atoms with Gasteiger partial charge in [0.1, 0.15) is 6.33 Å². The van der Waals surface area contributed by atoms with Crippen molar-refractivity contribution >= 4 is 0 Å². The molecule has 0 aromatic carbocycles. The lowest BCUT2D eigenvalue weighted by molar-refractivity contribution is 0.715. The minimum Gasteiger partial charge on any atom is -0.316 e. The van der Waals surface area contributed by atoms with Crippen molar-refractivity contribution in [3.8, 4) is 0 Å². The molecular weight excluding hydrogens is 162 g/mol. The van der Waals surface area contributed by atoms with Gasteiger partial charge in [-0.05, 0) is 24.9 Å². The molecule has 1 aliphatic rings. The van der Waals surface area contributed by atoms with Crippen LogP contribution in [0.3, 0.4) is 0 Å². The molecule has 0 radical (unpaired) electrons. The predicted molar refractivity (Wildman–Crippen MR) is 51.6 cm³/mol. The molecule has 1 aromatic rings. The first-order valence-corrected chi connectivity index (χ1v) is 4.91. The maximum absolute atomic E-state index is 4.38. The van der Waals surface area contributed by atoms with Crippen LogP contribution >= 0.6 is 0 Å². The molecule has 1 atom stereocenters. The van der Waals surface area contributed by atoms with Gasteiger partial charge in [0.25, 0.3) is 0 Å². The largest absolute Gasteiger partial charge is 0.316 e. The lowest BCUT2D eigenvalue weighted by atomic mass is 9.99. The number of nitrogens with zero attached hydrogens (tertiary/aromatic N) is 2. The predicted octanol–water partition coefficient (Wildman–Crippen LogP) is 1.12. The summed E-state index contributed by atoms with van der Waals surface area (Å²) in [5, 5.41) is 3.36. The fraction of sp³-hybridized carbons (Fsp3) is 0.600. The van der Waals surface area contributed by atoms with Gasteiger partial charge in [-0.25, -0.2) is 9.97 Å². The van der Waals surface area contributed by atoms with Crippen LogP contribution in [0.1, 0.15) is 30.5 Å². The molecule has 2 heterocycles. The van der Waals surface area contributed by atoms with Gasteiger partial charge in [0, 0.05) is 18.7 Å². The van der Waals surface area contributed by atoms with Crippen molar-refractivity contribution in [1.82, 2.24) is 15.3 Å². The first kappa shape index (κ1) is 8.63. The van der Waals surface area contributed by atoms with Crippen LogP contribution in [0, 0.1) is 0 Å². The molecule has 1 unspecified atom stereocenters. The zero-order valence-electron chi connectivity index (χ0n) is 7.95. The van der Waals surface area contributed by atoms with E-state index in [-0.39, 0.29) is 0 Å². The fourth-order valence-electron chi connectivity index (χ4n) is 1.90. The van der Waals surface area contributed by atoms with Gasteiger partial charge in [-0.15, -0.1) is 0 Å². The van der Waals surface area contributed by atoms with Crippen LogP contribution in [-0.2, 0) is 6.42 Å². The van der Waals surface area contributed by atoms with E-state index in [9.17, 15) is 0 Å². The van der Waals surface area contributed by atoms with Crippen LogP contribution in [0.25, 0.3) is 0 Å². The van der Waals surface area contributed by atoms with E-state index >= 15 is 0 Å². The van der Waals surface area contributed by atoms with Crippen LogP contribution in [0.5, 0.6) is 0 Å². The van der Waals surface area contributed by atoms with E-state index in [1.54, 1.807) is 6.33 Å². The van der Waals surface area contributed by atoms with Crippen LogP contribution in [0.4, 0.5) is 0 Å². The van der Waals surface area contributed by atoms with Crippen molar-refractivity contribution in [2.24, 2.45) is 0 Å². The van der Waals surface area contributed by atoms with Gasteiger partial charge in [-0.2, -0.15) is 0 Å². The molecule has 1 fully saturated rings. The Kier molecular flexibility index (Phi) is 2.54. The number of aromatic nitrogens is 2. The van der Waals surface area contributed by atoms with Crippen molar-refractivity contribution in [2.45, 2.75) is 25.7 Å². The molecule has 0 amide bonds. The van der Waals surface area contributed by atoms with Gasteiger partial charge in [0.15, 0.2) is 0 Å². The third-order valence-electron chi connectivity index (χ3n) is 2.65. The minimum absolute atomic E-state index is 0.609. The Morgan fingerprint density at radius 1 is 1.62 bits per heavy atom. The third-order valence-corrected chi connectivity index (χ3v) is 2.65. The molecule has 0 aliphatic carbocycles. The number of hydrogen-bond donors (Lipinski definition) is 1. The second-order valence-corrected chi connectivity index (χ2v) is 3.48. The maximum atomic E-state index is 4.38. The molecule has 1 aliphatic heterocycles. The average Bonchev–Trinajstić information content (AvgIpc) is 2.70. The molecule has 13 heavy (non-hydrogen) atoms. The quantitative estimate of drug-likeness (QED) is 0.735. The summed E-state index contributed by atoms with van der Waals surface area (Å²) in [5.41, 5.74) is 2.55. The Labute approximate surface area is 78.6 Å². The topological polar surface area (TPSA) is 37.8 Å². The Morgan fingerprint density at radius 3 is 3.23 bits per heavy atom. The Bertz CT molecular complexity index is 279. The third kappa shape index (κ3) is 1.70. The second kappa shape index (κ2) is 3.83. The summed E-state index contributed by atoms with van der Waals surface area (Å²) in [4.78, 5) is 8.44. The highest BCUT2D eigenvalue weighted by molar-refractivity contribution is 5.21. The zero-order valence-corrected chi connectivity index (χ0v) is 7.95. The average molecular weight is 177 g/mol. The summed E-state index contributed by atoms with van der Waals surface area (Å²) >= 11 is 0. The number of nitrogens with one attached hydrogen (secondary N) is 1. The van der Waals surface area contributed by atoms with Gasteiger partial charge < -0.3 is 5.32 Å². The van der Waals surface area contributed by atoms with E-state index in [1.807, 2.05) is 6.20 Å². The Morgan fingerprint density at radius 2 is 2.54 bits per heavy atom. The summed E-state index contributed by atoms with van der Waals surface area (Å²) < 4.78 is 0. The van der Waals surface area contributed by atoms with Gasteiger partial charge in [0.05, 0.1) is 5.69 Å². The van der Waals surface area contributed by atoms with Crippen LogP contribution in [0.15, 0.2) is 12.5 Å². The van der Waals surface area contributed by atoms with E-state index in [1.165, 1.54) is 17.7 Å². The van der Waals surface area contributed by atoms with Gasteiger partial charge in [-0.1, -0.05) is 6.92 Å². The maximum Gasteiger partial charge on any atom is 0.115 e. The summed E-state index contributed by atoms with van der Waals surface area (Å²) in [6, 6.07) is 0. The molecule has 2 rings (SSSR count). The van der Waals surface area contributed by atoms with Crippen LogP contribution in [0.2, 0.25) is 0 Å². The number of hydrogen-bond acceptors (Lipinski definition) is 3. The molecule has 0 saturated carbocycles. The smallest absolute Gasteiger partial charge is 0.115 e. The van der Waals surface area contributed by atoms with Crippen LogP contribution in [-0.4, -0.2) is 23.1 Å². The lowest BCUT2D eigenvalue weighted by Gasteiger charge is -2.10. The molecule has 1 aromatic heterocycles. The van der Waals surface area contributed by atoms with E-state index in [0.717, 1.165) is 19.5 Å². The number of aryl methyl sites for hydroxylation is 1. The second-order valence-electron chi connectivity index (χ2n) is 3.48. The highest BCUT2D eigenvalue weighted by Gasteiger charge is 2.19. The molecule has 1 saturated heterocycles. The first-order chi connectivity index (χ1) is 6.42. The van der Waals surface area contributed by atoms with Gasteiger partial charge in [0.2, 0.25) is 0 Å². The van der Waals surface area contributed by atoms with Crippen molar-refractivity contribution in [1.29, 1.82) is 0 Å². The molecular formula is C10H15N3. The SMILES string of the molecule is CCc1cncnc1C1CCNC1. The van der Waals surface area contributed by atoms with E-state index in [2.05, 4.69) is 22.2 Å². The molecule has 3 nitrogen and oxygen atoms in total. The highest BCUT2D eigenvalue weighted by Crippen LogP contribution is 2.22. The monoisotopic (exact) mass is 177 g/mol. The molecule has 0 spiro atoms. The van der Waals surface area contributed by atoms with Crippen molar-refractivity contribution in [2.75, 3.05) is 13.1 Å². The van der Waals surface area contributed by atoms with Crippen LogP contribution < -0.4 is 5.32 Å².